The number of nitro benzene ring substituents is 1. The molecule has 2 aliphatic heterocycles. The summed E-state index contributed by atoms with van der Waals surface area (Å²) in [6.07, 6.45) is 2.44. The number of nitrogens with zero attached hydrogens (tertiary/aromatic N) is 4. The smallest absolute Gasteiger partial charge is 0.336 e. The van der Waals surface area contributed by atoms with Crippen molar-refractivity contribution < 1.29 is 24.0 Å². The second-order valence-electron chi connectivity index (χ2n) is 9.49. The number of rotatable bonds is 9. The maximum atomic E-state index is 13.4. The van der Waals surface area contributed by atoms with Crippen LogP contribution in [-0.2, 0) is 19.1 Å². The van der Waals surface area contributed by atoms with Crippen molar-refractivity contribution >= 4 is 23.4 Å². The number of dihydropyridines is 1. The topological polar surface area (TPSA) is 127 Å². The highest BCUT2D eigenvalue weighted by Crippen LogP contribution is 2.40. The summed E-state index contributed by atoms with van der Waals surface area (Å²) in [6.45, 7) is 7.94. The van der Waals surface area contributed by atoms with Crippen LogP contribution >= 0.6 is 0 Å². The highest BCUT2D eigenvalue weighted by atomic mass is 16.6. The average Bonchev–Trinajstić information content (AvgIpc) is 2.95. The molecule has 1 atom stereocenters. The fourth-order valence-electron chi connectivity index (χ4n) is 5.07. The van der Waals surface area contributed by atoms with Crippen molar-refractivity contribution in [3.05, 3.63) is 86.9 Å². The van der Waals surface area contributed by atoms with Gasteiger partial charge in [0.05, 0.1) is 35.7 Å². The highest BCUT2D eigenvalue weighted by Gasteiger charge is 2.38. The zero-order valence-corrected chi connectivity index (χ0v) is 22.4. The molecular formula is C28H33N5O6. The van der Waals surface area contributed by atoms with E-state index in [1.165, 1.54) is 25.3 Å². The molecule has 2 aliphatic rings. The van der Waals surface area contributed by atoms with E-state index in [1.807, 2.05) is 18.2 Å². The van der Waals surface area contributed by atoms with Crippen LogP contribution in [0.5, 0.6) is 0 Å². The Hall–Kier alpha value is -4.25. The fraction of sp³-hybridized carbons (Fsp3) is 0.393. The van der Waals surface area contributed by atoms with Gasteiger partial charge in [0.1, 0.15) is 5.82 Å². The number of carbonyl (C=O) groups is 2. The van der Waals surface area contributed by atoms with Gasteiger partial charge in [0.25, 0.3) is 5.69 Å². The number of pyridine rings is 1. The predicted octanol–water partition coefficient (Wildman–Crippen LogP) is 3.15. The Labute approximate surface area is 227 Å². The minimum Gasteiger partial charge on any atom is -0.466 e. The lowest BCUT2D eigenvalue weighted by molar-refractivity contribution is -0.384. The van der Waals surface area contributed by atoms with E-state index in [0.29, 0.717) is 23.4 Å². The summed E-state index contributed by atoms with van der Waals surface area (Å²) in [5.74, 6) is -1.10. The number of esters is 2. The summed E-state index contributed by atoms with van der Waals surface area (Å²) in [5.41, 5.74) is 1.76. The first-order valence-corrected chi connectivity index (χ1v) is 12.9. The van der Waals surface area contributed by atoms with Gasteiger partial charge in [-0.05, 0) is 38.0 Å². The first-order chi connectivity index (χ1) is 18.8. The molecule has 0 saturated carbocycles. The number of nitro groups is 1. The summed E-state index contributed by atoms with van der Waals surface area (Å²) in [5, 5.41) is 14.5. The maximum Gasteiger partial charge on any atom is 0.336 e. The molecule has 1 unspecified atom stereocenters. The number of benzene rings is 1. The molecule has 39 heavy (non-hydrogen) atoms. The molecule has 1 fully saturated rings. The van der Waals surface area contributed by atoms with Crippen molar-refractivity contribution in [3.63, 3.8) is 0 Å². The fourth-order valence-corrected chi connectivity index (χ4v) is 5.07. The van der Waals surface area contributed by atoms with E-state index >= 15 is 0 Å². The number of anilines is 1. The number of hydrogen-bond acceptors (Lipinski definition) is 10. The van der Waals surface area contributed by atoms with Crippen molar-refractivity contribution in [1.82, 2.24) is 15.2 Å². The van der Waals surface area contributed by atoms with Crippen molar-refractivity contribution in [3.8, 4) is 0 Å². The molecule has 11 nitrogen and oxygen atoms in total. The summed E-state index contributed by atoms with van der Waals surface area (Å²) < 4.78 is 10.7. The number of hydrogen-bond donors (Lipinski definition) is 1. The normalized spacial score (nSPS) is 18.0. The van der Waals surface area contributed by atoms with Crippen LogP contribution in [0.15, 0.2) is 71.2 Å². The van der Waals surface area contributed by atoms with E-state index in [-0.39, 0.29) is 23.4 Å². The van der Waals surface area contributed by atoms with Crippen LogP contribution < -0.4 is 10.2 Å². The first kappa shape index (κ1) is 27.8. The van der Waals surface area contributed by atoms with Crippen LogP contribution in [-0.4, -0.2) is 73.2 Å². The Bertz CT molecular complexity index is 1280. The Morgan fingerprint density at radius 3 is 2.41 bits per heavy atom. The van der Waals surface area contributed by atoms with Crippen LogP contribution in [0, 0.1) is 10.1 Å². The van der Waals surface area contributed by atoms with E-state index in [9.17, 15) is 19.7 Å². The van der Waals surface area contributed by atoms with E-state index in [0.717, 1.165) is 38.5 Å². The third-order valence-electron chi connectivity index (χ3n) is 7.00. The SMILES string of the molecule is COC(=O)C1=C(C)NC(C)=C(C(=O)OCCCN2CCN(c3ccccn3)CC2)C1c1cccc([N+](=O)[O-])c1. The molecule has 0 radical (unpaired) electrons. The maximum absolute atomic E-state index is 13.4. The summed E-state index contributed by atoms with van der Waals surface area (Å²) >= 11 is 0. The Morgan fingerprint density at radius 2 is 1.77 bits per heavy atom. The van der Waals surface area contributed by atoms with Gasteiger partial charge in [0, 0.05) is 62.4 Å². The Kier molecular flexibility index (Phi) is 8.92. The molecule has 1 aromatic heterocycles. The zero-order valence-electron chi connectivity index (χ0n) is 22.4. The van der Waals surface area contributed by atoms with Crippen LogP contribution in [0.1, 0.15) is 31.7 Å². The third kappa shape index (κ3) is 6.43. The highest BCUT2D eigenvalue weighted by molar-refractivity contribution is 5.99. The number of non-ortho nitro benzene ring substituents is 1. The molecule has 206 valence electrons. The van der Waals surface area contributed by atoms with Crippen molar-refractivity contribution in [2.75, 3.05) is 51.3 Å². The number of ether oxygens (including phenoxy) is 2. The summed E-state index contributed by atoms with van der Waals surface area (Å²) in [6, 6.07) is 11.8. The van der Waals surface area contributed by atoms with Crippen LogP contribution in [0.4, 0.5) is 11.5 Å². The summed E-state index contributed by atoms with van der Waals surface area (Å²) in [4.78, 5) is 46.0. The van der Waals surface area contributed by atoms with Gasteiger partial charge >= 0.3 is 11.9 Å². The quantitative estimate of drug-likeness (QED) is 0.221. The predicted molar refractivity (Wildman–Crippen MR) is 145 cm³/mol. The third-order valence-corrected chi connectivity index (χ3v) is 7.00. The Morgan fingerprint density at radius 1 is 1.05 bits per heavy atom. The molecule has 3 heterocycles. The van der Waals surface area contributed by atoms with Crippen molar-refractivity contribution in [2.24, 2.45) is 0 Å². The van der Waals surface area contributed by atoms with E-state index in [2.05, 4.69) is 20.1 Å². The van der Waals surface area contributed by atoms with Crippen LogP contribution in [0.3, 0.4) is 0 Å². The van der Waals surface area contributed by atoms with E-state index in [1.54, 1.807) is 26.1 Å². The minimum absolute atomic E-state index is 0.138. The molecule has 0 amide bonds. The standard InChI is InChI=1S/C28H33N5O6/c1-19-24(27(34)38-3)26(21-8-6-9-22(18-21)33(36)37)25(20(2)30-19)28(35)39-17-7-12-31-13-15-32(16-14-31)23-10-4-5-11-29-23/h4-6,8-11,18,26,30H,7,12-17H2,1-3H3. The number of carbonyl (C=O) groups excluding carboxylic acids is 2. The summed E-state index contributed by atoms with van der Waals surface area (Å²) in [7, 11) is 1.26. The van der Waals surface area contributed by atoms with Crippen molar-refractivity contribution in [2.45, 2.75) is 26.2 Å². The molecule has 4 rings (SSSR count). The zero-order chi connectivity index (χ0) is 27.9. The largest absolute Gasteiger partial charge is 0.466 e. The molecule has 0 aliphatic carbocycles. The first-order valence-electron chi connectivity index (χ1n) is 12.9. The van der Waals surface area contributed by atoms with Gasteiger partial charge in [-0.2, -0.15) is 0 Å². The lowest BCUT2D eigenvalue weighted by atomic mass is 9.80. The van der Waals surface area contributed by atoms with Gasteiger partial charge in [-0.1, -0.05) is 18.2 Å². The van der Waals surface area contributed by atoms with Gasteiger partial charge in [0.15, 0.2) is 0 Å². The molecule has 11 heteroatoms. The molecular weight excluding hydrogens is 502 g/mol. The number of aromatic nitrogens is 1. The van der Waals surface area contributed by atoms with Gasteiger partial charge in [0.2, 0.25) is 0 Å². The number of nitrogens with one attached hydrogen (secondary N) is 1. The molecule has 1 N–H and O–H groups in total. The van der Waals surface area contributed by atoms with E-state index in [4.69, 9.17) is 9.47 Å². The number of allylic oxidation sites excluding steroid dienone is 2. The Balaban J connectivity index is 1.41. The molecule has 2 aromatic rings. The van der Waals surface area contributed by atoms with Gasteiger partial charge < -0.3 is 19.7 Å². The van der Waals surface area contributed by atoms with E-state index < -0.39 is 22.8 Å². The van der Waals surface area contributed by atoms with Crippen LogP contribution in [0.25, 0.3) is 0 Å². The second kappa shape index (κ2) is 12.5. The lowest BCUT2D eigenvalue weighted by Crippen LogP contribution is -2.47. The lowest BCUT2D eigenvalue weighted by Gasteiger charge is -2.35. The molecule has 0 bridgehead atoms. The van der Waals surface area contributed by atoms with Gasteiger partial charge in [-0.3, -0.25) is 15.0 Å². The molecule has 1 saturated heterocycles. The molecule has 0 spiro atoms. The van der Waals surface area contributed by atoms with Gasteiger partial charge in [-0.15, -0.1) is 0 Å². The van der Waals surface area contributed by atoms with Gasteiger partial charge in [-0.25, -0.2) is 14.6 Å². The number of methoxy groups -OCH3 is 1. The average molecular weight is 536 g/mol. The minimum atomic E-state index is -0.870. The molecule has 1 aromatic carbocycles. The van der Waals surface area contributed by atoms with Crippen molar-refractivity contribution in [1.29, 1.82) is 0 Å². The monoisotopic (exact) mass is 535 g/mol. The van der Waals surface area contributed by atoms with Crippen LogP contribution in [0.2, 0.25) is 0 Å². The number of piperazine rings is 1. The second-order valence-corrected chi connectivity index (χ2v) is 9.49.